The first kappa shape index (κ1) is 18.3. The molecule has 2 N–H and O–H groups in total. The van der Waals surface area contributed by atoms with Crippen molar-refractivity contribution in [3.63, 3.8) is 0 Å². The Morgan fingerprint density at radius 1 is 1.22 bits per heavy atom. The number of phenols is 1. The van der Waals surface area contributed by atoms with Gasteiger partial charge in [-0.1, -0.05) is 28.1 Å². The van der Waals surface area contributed by atoms with Crippen LogP contribution >= 0.6 is 15.9 Å². The van der Waals surface area contributed by atoms with E-state index in [4.69, 9.17) is 4.42 Å². The van der Waals surface area contributed by atoms with E-state index in [1.807, 2.05) is 0 Å². The van der Waals surface area contributed by atoms with Gasteiger partial charge < -0.3 is 9.52 Å². The quantitative estimate of drug-likeness (QED) is 0.359. The summed E-state index contributed by atoms with van der Waals surface area (Å²) in [4.78, 5) is 22.7. The lowest BCUT2D eigenvalue weighted by Gasteiger charge is -2.01. The molecule has 0 aliphatic heterocycles. The minimum Gasteiger partial charge on any atom is -0.507 e. The second-order valence-electron chi connectivity index (χ2n) is 5.34. The molecule has 0 fully saturated rings. The average molecular weight is 430 g/mol. The van der Waals surface area contributed by atoms with Crippen LogP contribution in [-0.4, -0.2) is 22.2 Å². The lowest BCUT2D eigenvalue weighted by Crippen LogP contribution is -2.17. The first-order valence-corrected chi connectivity index (χ1v) is 8.40. The fraction of sp³-hybridized carbons (Fsp3) is 0. The molecule has 8 nitrogen and oxygen atoms in total. The molecule has 1 aromatic heterocycles. The van der Waals surface area contributed by atoms with Crippen LogP contribution in [-0.2, 0) is 0 Å². The van der Waals surface area contributed by atoms with E-state index in [-0.39, 0.29) is 17.0 Å². The Morgan fingerprint density at radius 2 is 2.00 bits per heavy atom. The van der Waals surface area contributed by atoms with Crippen molar-refractivity contribution in [2.75, 3.05) is 0 Å². The molecule has 9 heteroatoms. The predicted molar refractivity (Wildman–Crippen MR) is 102 cm³/mol. The van der Waals surface area contributed by atoms with E-state index >= 15 is 0 Å². The number of benzene rings is 2. The smallest absolute Gasteiger partial charge is 0.281 e. The molecule has 0 radical (unpaired) electrons. The molecule has 1 amide bonds. The number of furan rings is 1. The van der Waals surface area contributed by atoms with Crippen LogP contribution in [0.4, 0.5) is 5.69 Å². The lowest BCUT2D eigenvalue weighted by atomic mass is 10.1. The van der Waals surface area contributed by atoms with Crippen molar-refractivity contribution in [2.45, 2.75) is 0 Å². The van der Waals surface area contributed by atoms with Crippen LogP contribution in [0, 0.1) is 10.1 Å². The molecule has 0 unspecified atom stereocenters. The summed E-state index contributed by atoms with van der Waals surface area (Å²) in [6.45, 7) is 0. The summed E-state index contributed by atoms with van der Waals surface area (Å²) in [7, 11) is 0. The topological polar surface area (TPSA) is 118 Å². The van der Waals surface area contributed by atoms with Crippen molar-refractivity contribution in [3.05, 3.63) is 80.5 Å². The van der Waals surface area contributed by atoms with Crippen LogP contribution < -0.4 is 5.43 Å². The Bertz CT molecular complexity index is 1040. The van der Waals surface area contributed by atoms with E-state index in [9.17, 15) is 20.0 Å². The highest BCUT2D eigenvalue weighted by molar-refractivity contribution is 9.10. The highest BCUT2D eigenvalue weighted by Gasteiger charge is 2.18. The van der Waals surface area contributed by atoms with Gasteiger partial charge in [0.15, 0.2) is 0 Å². The summed E-state index contributed by atoms with van der Waals surface area (Å²) in [6.07, 6.45) is 1.26. The average Bonchev–Trinajstić information content (AvgIpc) is 3.10. The molecular formula is C18H12BrN3O5. The number of phenolic OH excluding ortho intramolecular Hbond substituents is 1. The molecule has 3 aromatic rings. The van der Waals surface area contributed by atoms with Crippen LogP contribution in [0.5, 0.6) is 5.75 Å². The molecule has 2 aromatic carbocycles. The molecule has 0 saturated heterocycles. The Labute approximate surface area is 161 Å². The van der Waals surface area contributed by atoms with Gasteiger partial charge in [-0.05, 0) is 36.4 Å². The number of hydrazone groups is 1. The van der Waals surface area contributed by atoms with Gasteiger partial charge in [-0.25, -0.2) is 5.43 Å². The number of nitro benzene ring substituents is 1. The predicted octanol–water partition coefficient (Wildman–Crippen LogP) is 4.09. The molecular weight excluding hydrogens is 418 g/mol. The van der Waals surface area contributed by atoms with Crippen molar-refractivity contribution >= 4 is 33.7 Å². The summed E-state index contributed by atoms with van der Waals surface area (Å²) in [5.41, 5.74) is 2.57. The highest BCUT2D eigenvalue weighted by atomic mass is 79.9. The van der Waals surface area contributed by atoms with E-state index in [0.29, 0.717) is 21.6 Å². The van der Waals surface area contributed by atoms with Gasteiger partial charge in [0.25, 0.3) is 11.6 Å². The van der Waals surface area contributed by atoms with Crippen LogP contribution in [0.1, 0.15) is 16.1 Å². The van der Waals surface area contributed by atoms with Gasteiger partial charge in [-0.3, -0.25) is 14.9 Å². The molecule has 0 aliphatic carbocycles. The number of nitrogens with one attached hydrogen (secondary N) is 1. The van der Waals surface area contributed by atoms with Crippen molar-refractivity contribution in [1.82, 2.24) is 5.43 Å². The number of rotatable bonds is 5. The van der Waals surface area contributed by atoms with Gasteiger partial charge in [-0.15, -0.1) is 0 Å². The largest absolute Gasteiger partial charge is 0.507 e. The summed E-state index contributed by atoms with van der Waals surface area (Å²) in [6, 6.07) is 13.8. The van der Waals surface area contributed by atoms with Crippen LogP contribution in [0.15, 0.2) is 68.6 Å². The molecule has 0 aliphatic rings. The summed E-state index contributed by atoms with van der Waals surface area (Å²) < 4.78 is 6.12. The second kappa shape index (κ2) is 7.83. The molecule has 0 spiro atoms. The van der Waals surface area contributed by atoms with E-state index in [0.717, 1.165) is 0 Å². The standard InChI is InChI=1S/C18H12BrN3O5/c19-11-5-7-13(15(9-11)22(25)26)17-8-6-12(27-17)10-20-21-18(24)14-3-1-2-4-16(14)23/h1-10,23H,(H,21,24)/b20-10+. The maximum Gasteiger partial charge on any atom is 0.281 e. The minimum atomic E-state index is -0.584. The monoisotopic (exact) mass is 429 g/mol. The molecule has 3 rings (SSSR count). The number of para-hydroxylation sites is 1. The SMILES string of the molecule is O=C(N/N=C/c1ccc(-c2ccc(Br)cc2[N+](=O)[O-])o1)c1ccccc1O. The van der Waals surface area contributed by atoms with Gasteiger partial charge in [0.1, 0.15) is 17.3 Å². The number of amides is 1. The van der Waals surface area contributed by atoms with Crippen LogP contribution in [0.25, 0.3) is 11.3 Å². The molecule has 1 heterocycles. The van der Waals surface area contributed by atoms with E-state index in [2.05, 4.69) is 26.5 Å². The fourth-order valence-electron chi connectivity index (χ4n) is 2.31. The molecule has 0 saturated carbocycles. The number of aromatic hydroxyl groups is 1. The Hall–Kier alpha value is -3.46. The first-order chi connectivity index (χ1) is 13.0. The number of hydrogen-bond acceptors (Lipinski definition) is 6. The summed E-state index contributed by atoms with van der Waals surface area (Å²) in [5.74, 6) is -0.157. The Balaban J connectivity index is 1.75. The normalized spacial score (nSPS) is 10.9. The van der Waals surface area contributed by atoms with Crippen molar-refractivity contribution in [1.29, 1.82) is 0 Å². The second-order valence-corrected chi connectivity index (χ2v) is 6.25. The van der Waals surface area contributed by atoms with E-state index in [1.54, 1.807) is 36.4 Å². The minimum absolute atomic E-state index is 0.0836. The Morgan fingerprint density at radius 3 is 2.74 bits per heavy atom. The number of hydrogen-bond donors (Lipinski definition) is 2. The van der Waals surface area contributed by atoms with Gasteiger partial charge in [0.05, 0.1) is 22.3 Å². The summed E-state index contributed by atoms with van der Waals surface area (Å²) >= 11 is 3.20. The van der Waals surface area contributed by atoms with Gasteiger partial charge in [-0.2, -0.15) is 5.10 Å². The number of halogens is 1. The maximum atomic E-state index is 11.9. The summed E-state index contributed by atoms with van der Waals surface area (Å²) in [5, 5.41) is 24.6. The van der Waals surface area contributed by atoms with Gasteiger partial charge >= 0.3 is 0 Å². The van der Waals surface area contributed by atoms with Crippen molar-refractivity contribution < 1.29 is 19.2 Å². The number of nitro groups is 1. The third kappa shape index (κ3) is 4.21. The van der Waals surface area contributed by atoms with Gasteiger partial charge in [0, 0.05) is 10.5 Å². The highest BCUT2D eigenvalue weighted by Crippen LogP contribution is 2.33. The zero-order valence-electron chi connectivity index (χ0n) is 13.6. The Kier molecular flexibility index (Phi) is 5.32. The molecule has 27 heavy (non-hydrogen) atoms. The first-order valence-electron chi connectivity index (χ1n) is 7.61. The molecule has 0 atom stereocenters. The number of nitrogens with zero attached hydrogens (tertiary/aromatic N) is 2. The zero-order valence-corrected chi connectivity index (χ0v) is 15.2. The van der Waals surface area contributed by atoms with Crippen LogP contribution in [0.3, 0.4) is 0 Å². The number of carbonyl (C=O) groups excluding carboxylic acids is 1. The number of carbonyl (C=O) groups is 1. The third-order valence-electron chi connectivity index (χ3n) is 3.56. The molecule has 136 valence electrons. The maximum absolute atomic E-state index is 11.9. The van der Waals surface area contributed by atoms with Crippen molar-refractivity contribution in [3.8, 4) is 17.1 Å². The van der Waals surface area contributed by atoms with E-state index in [1.165, 1.54) is 24.4 Å². The lowest BCUT2D eigenvalue weighted by molar-refractivity contribution is -0.384. The molecule has 0 bridgehead atoms. The third-order valence-corrected chi connectivity index (χ3v) is 4.05. The zero-order chi connectivity index (χ0) is 19.4. The van der Waals surface area contributed by atoms with E-state index < -0.39 is 10.8 Å². The van der Waals surface area contributed by atoms with Crippen molar-refractivity contribution in [2.24, 2.45) is 5.10 Å². The fourth-order valence-corrected chi connectivity index (χ4v) is 2.66. The van der Waals surface area contributed by atoms with Crippen LogP contribution in [0.2, 0.25) is 0 Å². The van der Waals surface area contributed by atoms with Gasteiger partial charge in [0.2, 0.25) is 0 Å².